The fourth-order valence-corrected chi connectivity index (χ4v) is 3.59. The van der Waals surface area contributed by atoms with Gasteiger partial charge in [0.25, 0.3) is 0 Å². The van der Waals surface area contributed by atoms with E-state index < -0.39 is 0 Å². The van der Waals surface area contributed by atoms with Gasteiger partial charge in [-0.25, -0.2) is 0 Å². The molecule has 0 bridgehead atoms. The molecule has 1 atom stereocenters. The lowest BCUT2D eigenvalue weighted by Crippen LogP contribution is -2.34. The van der Waals surface area contributed by atoms with Crippen LogP contribution in [-0.2, 0) is 11.3 Å². The fraction of sp³-hybridized carbons (Fsp3) is 0.316. The highest BCUT2D eigenvalue weighted by molar-refractivity contribution is 8.00. The van der Waals surface area contributed by atoms with E-state index in [1.807, 2.05) is 62.5 Å². The van der Waals surface area contributed by atoms with E-state index in [1.54, 1.807) is 23.8 Å². The molecule has 0 aliphatic heterocycles. The molecule has 1 unspecified atom stereocenters. The average Bonchev–Trinajstić information content (AvgIpc) is 2.61. The molecule has 3 nitrogen and oxygen atoms in total. The molecule has 2 aromatic rings. The van der Waals surface area contributed by atoms with Gasteiger partial charge in [0, 0.05) is 29.1 Å². The summed E-state index contributed by atoms with van der Waals surface area (Å²) in [5.74, 6) is 0.916. The predicted molar refractivity (Wildman–Crippen MR) is 101 cm³/mol. The Labute approximate surface area is 153 Å². The zero-order valence-corrected chi connectivity index (χ0v) is 15.7. The lowest BCUT2D eigenvalue weighted by molar-refractivity contribution is -0.129. The van der Waals surface area contributed by atoms with Crippen LogP contribution >= 0.6 is 23.4 Å². The maximum atomic E-state index is 12.8. The average molecular weight is 364 g/mol. The Bertz CT molecular complexity index is 675. The molecule has 0 heterocycles. The molecule has 5 heteroatoms. The second-order valence-corrected chi connectivity index (χ2v) is 7.19. The Morgan fingerprint density at radius 3 is 2.50 bits per heavy atom. The van der Waals surface area contributed by atoms with E-state index in [0.717, 1.165) is 22.6 Å². The van der Waals surface area contributed by atoms with E-state index in [9.17, 15) is 4.79 Å². The standard InChI is InChI=1S/C19H22ClNO2S/c1-4-18(24-16-11-9-15(20)10-12-16)19(22)21(2)13-14-7-5-6-8-17(14)23-3/h5-12,18H,4,13H2,1-3H3. The van der Waals surface area contributed by atoms with Crippen LogP contribution in [0.5, 0.6) is 5.75 Å². The van der Waals surface area contributed by atoms with Crippen molar-refractivity contribution in [3.8, 4) is 5.75 Å². The summed E-state index contributed by atoms with van der Waals surface area (Å²) in [5, 5.41) is 0.581. The highest BCUT2D eigenvalue weighted by Gasteiger charge is 2.22. The van der Waals surface area contributed by atoms with E-state index in [0.29, 0.717) is 11.6 Å². The van der Waals surface area contributed by atoms with Crippen molar-refractivity contribution in [2.45, 2.75) is 30.0 Å². The van der Waals surface area contributed by atoms with Gasteiger partial charge in [0.2, 0.25) is 5.91 Å². The molecule has 0 saturated heterocycles. The van der Waals surface area contributed by atoms with E-state index in [-0.39, 0.29) is 11.2 Å². The lowest BCUT2D eigenvalue weighted by Gasteiger charge is -2.23. The van der Waals surface area contributed by atoms with Gasteiger partial charge in [-0.3, -0.25) is 4.79 Å². The van der Waals surface area contributed by atoms with Crippen molar-refractivity contribution in [1.82, 2.24) is 4.90 Å². The van der Waals surface area contributed by atoms with E-state index in [4.69, 9.17) is 16.3 Å². The number of halogens is 1. The summed E-state index contributed by atoms with van der Waals surface area (Å²) >= 11 is 7.49. The van der Waals surface area contributed by atoms with E-state index >= 15 is 0 Å². The van der Waals surface area contributed by atoms with Crippen LogP contribution in [0.3, 0.4) is 0 Å². The lowest BCUT2D eigenvalue weighted by atomic mass is 10.2. The summed E-state index contributed by atoms with van der Waals surface area (Å²) in [6, 6.07) is 15.4. The minimum atomic E-state index is -0.120. The van der Waals surface area contributed by atoms with Crippen LogP contribution in [0, 0.1) is 0 Å². The van der Waals surface area contributed by atoms with Crippen LogP contribution < -0.4 is 4.74 Å². The Hall–Kier alpha value is -1.65. The number of rotatable bonds is 7. The normalized spacial score (nSPS) is 11.8. The van der Waals surface area contributed by atoms with Gasteiger partial charge in [0.1, 0.15) is 5.75 Å². The van der Waals surface area contributed by atoms with Gasteiger partial charge in [-0.2, -0.15) is 0 Å². The van der Waals surface area contributed by atoms with Crippen molar-refractivity contribution in [3.63, 3.8) is 0 Å². The molecule has 2 rings (SSSR count). The number of thioether (sulfide) groups is 1. The maximum Gasteiger partial charge on any atom is 0.236 e. The second-order valence-electron chi connectivity index (χ2n) is 5.47. The molecule has 0 fully saturated rings. The Morgan fingerprint density at radius 1 is 1.21 bits per heavy atom. The summed E-state index contributed by atoms with van der Waals surface area (Å²) in [5.41, 5.74) is 1.00. The second kappa shape index (κ2) is 9.00. The van der Waals surface area contributed by atoms with Crippen molar-refractivity contribution in [2.75, 3.05) is 14.2 Å². The van der Waals surface area contributed by atoms with Gasteiger partial charge < -0.3 is 9.64 Å². The topological polar surface area (TPSA) is 29.5 Å². The van der Waals surface area contributed by atoms with Gasteiger partial charge >= 0.3 is 0 Å². The summed E-state index contributed by atoms with van der Waals surface area (Å²) in [6.07, 6.45) is 0.766. The van der Waals surface area contributed by atoms with Crippen LogP contribution in [0.4, 0.5) is 0 Å². The minimum absolute atomic E-state index is 0.114. The maximum absolute atomic E-state index is 12.8. The minimum Gasteiger partial charge on any atom is -0.496 e. The smallest absolute Gasteiger partial charge is 0.236 e. The third-order valence-electron chi connectivity index (χ3n) is 3.71. The molecule has 2 aromatic carbocycles. The fourth-order valence-electron chi connectivity index (χ4n) is 2.40. The molecule has 0 spiro atoms. The molecular weight excluding hydrogens is 342 g/mol. The van der Waals surface area contributed by atoms with Gasteiger partial charge in [-0.15, -0.1) is 11.8 Å². The van der Waals surface area contributed by atoms with Crippen molar-refractivity contribution in [2.24, 2.45) is 0 Å². The molecule has 128 valence electrons. The number of carbonyl (C=O) groups excluding carboxylic acids is 1. The van der Waals surface area contributed by atoms with E-state index in [1.165, 1.54) is 0 Å². The first-order valence-electron chi connectivity index (χ1n) is 7.84. The molecule has 0 N–H and O–H groups in total. The molecule has 0 aliphatic rings. The van der Waals surface area contributed by atoms with Crippen LogP contribution in [0.15, 0.2) is 53.4 Å². The zero-order chi connectivity index (χ0) is 17.5. The number of nitrogens with zero attached hydrogens (tertiary/aromatic N) is 1. The number of amides is 1. The summed E-state index contributed by atoms with van der Waals surface area (Å²) in [4.78, 5) is 15.6. The highest BCUT2D eigenvalue weighted by atomic mass is 35.5. The number of para-hydroxylation sites is 1. The number of hydrogen-bond acceptors (Lipinski definition) is 3. The quantitative estimate of drug-likeness (QED) is 0.657. The summed E-state index contributed by atoms with van der Waals surface area (Å²) in [7, 11) is 3.48. The molecule has 0 aliphatic carbocycles. The molecular formula is C19H22ClNO2S. The van der Waals surface area contributed by atoms with Crippen LogP contribution in [-0.4, -0.2) is 30.2 Å². The first-order valence-corrected chi connectivity index (χ1v) is 9.10. The largest absolute Gasteiger partial charge is 0.496 e. The van der Waals surface area contributed by atoms with Crippen molar-refractivity contribution >= 4 is 29.3 Å². The Balaban J connectivity index is 2.05. The van der Waals surface area contributed by atoms with Gasteiger partial charge in [-0.1, -0.05) is 36.7 Å². The number of benzene rings is 2. The van der Waals surface area contributed by atoms with Gasteiger partial charge in [0.05, 0.1) is 12.4 Å². The van der Waals surface area contributed by atoms with Crippen LogP contribution in [0.2, 0.25) is 5.02 Å². The molecule has 24 heavy (non-hydrogen) atoms. The van der Waals surface area contributed by atoms with Gasteiger partial charge in [-0.05, 0) is 36.8 Å². The van der Waals surface area contributed by atoms with Crippen LogP contribution in [0.1, 0.15) is 18.9 Å². The Morgan fingerprint density at radius 2 is 1.88 bits per heavy atom. The van der Waals surface area contributed by atoms with E-state index in [2.05, 4.69) is 0 Å². The molecule has 1 amide bonds. The molecule has 0 aromatic heterocycles. The number of carbonyl (C=O) groups is 1. The molecule has 0 saturated carbocycles. The number of ether oxygens (including phenoxy) is 1. The number of methoxy groups -OCH3 is 1. The molecule has 0 radical (unpaired) electrons. The van der Waals surface area contributed by atoms with Crippen LogP contribution in [0.25, 0.3) is 0 Å². The van der Waals surface area contributed by atoms with Gasteiger partial charge in [0.15, 0.2) is 0 Å². The summed E-state index contributed by atoms with van der Waals surface area (Å²) in [6.45, 7) is 2.56. The SMILES string of the molecule is CCC(Sc1ccc(Cl)cc1)C(=O)N(C)Cc1ccccc1OC. The third-order valence-corrected chi connectivity index (χ3v) is 5.33. The predicted octanol–water partition coefficient (Wildman–Crippen LogP) is 4.88. The van der Waals surface area contributed by atoms with Crippen molar-refractivity contribution in [1.29, 1.82) is 0 Å². The zero-order valence-electron chi connectivity index (χ0n) is 14.2. The monoisotopic (exact) mass is 363 g/mol. The van der Waals surface area contributed by atoms with Crippen molar-refractivity contribution in [3.05, 3.63) is 59.1 Å². The summed E-state index contributed by atoms with van der Waals surface area (Å²) < 4.78 is 5.36. The first-order chi connectivity index (χ1) is 11.5. The first kappa shape index (κ1) is 18.7. The third kappa shape index (κ3) is 4.92. The highest BCUT2D eigenvalue weighted by Crippen LogP contribution is 2.28. The number of hydrogen-bond donors (Lipinski definition) is 0. The van der Waals surface area contributed by atoms with Crippen molar-refractivity contribution < 1.29 is 9.53 Å². The Kier molecular flexibility index (Phi) is 7.00.